The standard InChI is InChI=1S/C28H24ClNO4/c1-19-16-26(31)24(28(32)30-19)17-20-8-13-27(25(29)18-20)34-15-5-14-33-23-11-9-22(10-12-23)21-6-3-2-4-7-21/h2-4,6-13,17-18H,1,5,14-16H2,(H,30,32)/b24-17+. The molecule has 1 aliphatic rings. The third kappa shape index (κ3) is 5.94. The van der Waals surface area contributed by atoms with E-state index in [-0.39, 0.29) is 17.8 Å². The first-order chi connectivity index (χ1) is 16.5. The van der Waals surface area contributed by atoms with Gasteiger partial charge in [0, 0.05) is 12.1 Å². The monoisotopic (exact) mass is 473 g/mol. The summed E-state index contributed by atoms with van der Waals surface area (Å²) in [5.74, 6) is 0.621. The van der Waals surface area contributed by atoms with Crippen molar-refractivity contribution in [1.29, 1.82) is 0 Å². The average Bonchev–Trinajstić information content (AvgIpc) is 2.83. The van der Waals surface area contributed by atoms with Gasteiger partial charge in [0.1, 0.15) is 11.5 Å². The summed E-state index contributed by atoms with van der Waals surface area (Å²) in [6, 6.07) is 23.3. The SMILES string of the molecule is C=C1CC(=O)/C(=C\c2ccc(OCCCOc3ccc(-c4ccccc4)cc3)c(Cl)c2)C(=O)N1. The predicted octanol–water partition coefficient (Wildman–Crippen LogP) is 5.84. The molecule has 1 aliphatic heterocycles. The van der Waals surface area contributed by atoms with Crippen molar-refractivity contribution in [3.8, 4) is 22.6 Å². The fourth-order valence-electron chi connectivity index (χ4n) is 3.53. The van der Waals surface area contributed by atoms with Gasteiger partial charge in [-0.2, -0.15) is 0 Å². The number of hydrogen-bond donors (Lipinski definition) is 1. The summed E-state index contributed by atoms with van der Waals surface area (Å²) in [5, 5.41) is 2.98. The summed E-state index contributed by atoms with van der Waals surface area (Å²) in [7, 11) is 0. The van der Waals surface area contributed by atoms with Gasteiger partial charge >= 0.3 is 0 Å². The molecule has 5 nitrogen and oxygen atoms in total. The van der Waals surface area contributed by atoms with Gasteiger partial charge < -0.3 is 14.8 Å². The van der Waals surface area contributed by atoms with Crippen molar-refractivity contribution in [3.05, 3.63) is 101 Å². The number of nitrogens with one attached hydrogen (secondary N) is 1. The van der Waals surface area contributed by atoms with E-state index in [0.29, 0.717) is 41.7 Å². The Morgan fingerprint density at radius 1 is 0.912 bits per heavy atom. The average molecular weight is 474 g/mol. The van der Waals surface area contributed by atoms with Crippen LogP contribution in [0.15, 0.2) is 90.6 Å². The molecule has 1 fully saturated rings. The molecule has 1 amide bonds. The molecule has 34 heavy (non-hydrogen) atoms. The minimum Gasteiger partial charge on any atom is -0.493 e. The van der Waals surface area contributed by atoms with Crippen LogP contribution >= 0.6 is 11.6 Å². The number of allylic oxidation sites excluding steroid dienone is 1. The number of carbonyl (C=O) groups excluding carboxylic acids is 2. The zero-order chi connectivity index (χ0) is 23.9. The Labute approximate surface area is 203 Å². The van der Waals surface area contributed by atoms with Gasteiger partial charge in [0.05, 0.1) is 30.2 Å². The van der Waals surface area contributed by atoms with Crippen molar-refractivity contribution >= 4 is 29.4 Å². The number of halogens is 1. The van der Waals surface area contributed by atoms with Crippen molar-refractivity contribution in [1.82, 2.24) is 5.32 Å². The number of piperidine rings is 1. The van der Waals surface area contributed by atoms with Gasteiger partial charge in [-0.05, 0) is 47.0 Å². The van der Waals surface area contributed by atoms with Crippen LogP contribution in [0.25, 0.3) is 17.2 Å². The fraction of sp³-hybridized carbons (Fsp3) is 0.143. The van der Waals surface area contributed by atoms with Gasteiger partial charge in [0.25, 0.3) is 5.91 Å². The molecule has 1 saturated heterocycles. The van der Waals surface area contributed by atoms with E-state index >= 15 is 0 Å². The molecule has 0 atom stereocenters. The maximum Gasteiger partial charge on any atom is 0.259 e. The quantitative estimate of drug-likeness (QED) is 0.253. The van der Waals surface area contributed by atoms with Crippen LogP contribution < -0.4 is 14.8 Å². The molecule has 3 aromatic rings. The molecule has 0 unspecified atom stereocenters. The summed E-state index contributed by atoms with van der Waals surface area (Å²) in [4.78, 5) is 24.1. The molecule has 1 N–H and O–H groups in total. The number of Topliss-reactive ketones (excluding diaryl/α,β-unsaturated/α-hetero) is 1. The first kappa shape index (κ1) is 23.3. The fourth-order valence-corrected chi connectivity index (χ4v) is 3.77. The normalized spacial score (nSPS) is 14.7. The second kappa shape index (κ2) is 10.9. The molecule has 0 spiro atoms. The van der Waals surface area contributed by atoms with Crippen LogP contribution in [0.2, 0.25) is 5.02 Å². The second-order valence-corrected chi connectivity index (χ2v) is 8.25. The molecule has 0 aliphatic carbocycles. The highest BCUT2D eigenvalue weighted by Crippen LogP contribution is 2.27. The summed E-state index contributed by atoms with van der Waals surface area (Å²) < 4.78 is 11.6. The Morgan fingerprint density at radius 3 is 2.32 bits per heavy atom. The van der Waals surface area contributed by atoms with Crippen LogP contribution in [0.4, 0.5) is 0 Å². The van der Waals surface area contributed by atoms with Crippen molar-refractivity contribution in [2.45, 2.75) is 12.8 Å². The van der Waals surface area contributed by atoms with Crippen molar-refractivity contribution in [2.24, 2.45) is 0 Å². The zero-order valence-electron chi connectivity index (χ0n) is 18.6. The smallest absolute Gasteiger partial charge is 0.259 e. The lowest BCUT2D eigenvalue weighted by molar-refractivity contribution is -0.123. The lowest BCUT2D eigenvalue weighted by Gasteiger charge is -2.16. The van der Waals surface area contributed by atoms with Gasteiger partial charge in [0.15, 0.2) is 5.78 Å². The van der Waals surface area contributed by atoms with E-state index < -0.39 is 5.91 Å². The van der Waals surface area contributed by atoms with Crippen molar-refractivity contribution in [2.75, 3.05) is 13.2 Å². The lowest BCUT2D eigenvalue weighted by atomic mass is 9.99. The Hall–Kier alpha value is -3.83. The third-order valence-corrected chi connectivity index (χ3v) is 5.55. The van der Waals surface area contributed by atoms with Crippen LogP contribution in [-0.2, 0) is 9.59 Å². The number of ketones is 1. The molecule has 1 heterocycles. The van der Waals surface area contributed by atoms with Crippen molar-refractivity contribution < 1.29 is 19.1 Å². The minimum atomic E-state index is -0.451. The van der Waals surface area contributed by atoms with Crippen LogP contribution in [0.3, 0.4) is 0 Å². The highest BCUT2D eigenvalue weighted by molar-refractivity contribution is 6.32. The summed E-state index contributed by atoms with van der Waals surface area (Å²) in [5.41, 5.74) is 3.45. The first-order valence-electron chi connectivity index (χ1n) is 10.9. The molecule has 3 aromatic carbocycles. The predicted molar refractivity (Wildman–Crippen MR) is 134 cm³/mol. The Balaban J connectivity index is 1.25. The van der Waals surface area contributed by atoms with Gasteiger partial charge in [-0.15, -0.1) is 0 Å². The first-order valence-corrected chi connectivity index (χ1v) is 11.3. The molecule has 0 radical (unpaired) electrons. The summed E-state index contributed by atoms with van der Waals surface area (Å²) in [6.07, 6.45) is 2.31. The maximum atomic E-state index is 12.1. The van der Waals surface area contributed by atoms with E-state index in [1.807, 2.05) is 42.5 Å². The van der Waals surface area contributed by atoms with Crippen LogP contribution in [0, 0.1) is 0 Å². The van der Waals surface area contributed by atoms with E-state index in [1.54, 1.807) is 18.2 Å². The molecular formula is C28H24ClNO4. The van der Waals surface area contributed by atoms with E-state index in [0.717, 1.165) is 11.3 Å². The molecule has 6 heteroatoms. The largest absolute Gasteiger partial charge is 0.493 e. The second-order valence-electron chi connectivity index (χ2n) is 7.85. The molecule has 0 aromatic heterocycles. The van der Waals surface area contributed by atoms with Crippen LogP contribution in [0.1, 0.15) is 18.4 Å². The Bertz CT molecular complexity index is 1210. The number of rotatable bonds is 8. The number of carbonyl (C=O) groups is 2. The molecule has 172 valence electrons. The third-order valence-electron chi connectivity index (χ3n) is 5.25. The topological polar surface area (TPSA) is 64.6 Å². The van der Waals surface area contributed by atoms with Crippen LogP contribution in [0.5, 0.6) is 11.5 Å². The lowest BCUT2D eigenvalue weighted by Crippen LogP contribution is -2.34. The molecular weight excluding hydrogens is 450 g/mol. The molecule has 0 bridgehead atoms. The number of amides is 1. The number of ether oxygens (including phenoxy) is 2. The Morgan fingerprint density at radius 2 is 1.62 bits per heavy atom. The van der Waals surface area contributed by atoms with E-state index in [4.69, 9.17) is 21.1 Å². The van der Waals surface area contributed by atoms with E-state index in [1.165, 1.54) is 11.6 Å². The van der Waals surface area contributed by atoms with Gasteiger partial charge in [-0.3, -0.25) is 9.59 Å². The minimum absolute atomic E-state index is 0.0890. The summed E-state index contributed by atoms with van der Waals surface area (Å²) >= 11 is 6.33. The number of benzene rings is 3. The Kier molecular flexibility index (Phi) is 7.45. The van der Waals surface area contributed by atoms with E-state index in [9.17, 15) is 9.59 Å². The van der Waals surface area contributed by atoms with Crippen LogP contribution in [-0.4, -0.2) is 24.9 Å². The number of hydrogen-bond acceptors (Lipinski definition) is 4. The van der Waals surface area contributed by atoms with E-state index in [2.05, 4.69) is 24.0 Å². The van der Waals surface area contributed by atoms with Gasteiger partial charge in [-0.25, -0.2) is 0 Å². The van der Waals surface area contributed by atoms with Gasteiger partial charge in [-0.1, -0.05) is 66.7 Å². The van der Waals surface area contributed by atoms with Crippen molar-refractivity contribution in [3.63, 3.8) is 0 Å². The zero-order valence-corrected chi connectivity index (χ0v) is 19.3. The van der Waals surface area contributed by atoms with Gasteiger partial charge in [0.2, 0.25) is 0 Å². The molecule has 4 rings (SSSR count). The maximum absolute atomic E-state index is 12.1. The summed E-state index contributed by atoms with van der Waals surface area (Å²) in [6.45, 7) is 4.57. The molecule has 0 saturated carbocycles. The highest BCUT2D eigenvalue weighted by Gasteiger charge is 2.25. The highest BCUT2D eigenvalue weighted by atomic mass is 35.5.